The van der Waals surface area contributed by atoms with Crippen LogP contribution in [0.2, 0.25) is 0 Å². The van der Waals surface area contributed by atoms with Gasteiger partial charge in [0.25, 0.3) is 0 Å². The zero-order valence-corrected chi connectivity index (χ0v) is 17.1. The van der Waals surface area contributed by atoms with Crippen LogP contribution in [-0.4, -0.2) is 13.2 Å². The number of rotatable bonds is 8. The van der Waals surface area contributed by atoms with Gasteiger partial charge in [0.15, 0.2) is 11.6 Å². The first kappa shape index (κ1) is 21.7. The normalized spacial score (nSPS) is 19.3. The lowest BCUT2D eigenvalue weighted by molar-refractivity contribution is -0.0200. The zero-order valence-electron chi connectivity index (χ0n) is 17.1. The fourth-order valence-electron chi connectivity index (χ4n) is 3.94. The molecule has 0 amide bonds. The van der Waals surface area contributed by atoms with Crippen LogP contribution in [0.3, 0.4) is 0 Å². The van der Waals surface area contributed by atoms with Crippen molar-refractivity contribution in [3.8, 4) is 16.9 Å². The third-order valence-electron chi connectivity index (χ3n) is 5.59. The summed E-state index contributed by atoms with van der Waals surface area (Å²) < 4.78 is 54.4. The van der Waals surface area contributed by atoms with E-state index in [9.17, 15) is 13.2 Å². The Bertz CT molecular complexity index is 814. The monoisotopic (exact) mass is 406 g/mol. The predicted molar refractivity (Wildman–Crippen MR) is 108 cm³/mol. The summed E-state index contributed by atoms with van der Waals surface area (Å²) in [5.41, 5.74) is 0.655. The SMILES string of the molecule is CCCCCC1CCC(c2ccc(-c3ccc(OCC)c(F)c3F)c(F)c2)OC1. The molecule has 1 heterocycles. The van der Waals surface area contributed by atoms with E-state index in [2.05, 4.69) is 6.92 Å². The molecule has 2 unspecified atom stereocenters. The summed E-state index contributed by atoms with van der Waals surface area (Å²) in [6.45, 7) is 4.79. The number of hydrogen-bond acceptors (Lipinski definition) is 2. The van der Waals surface area contributed by atoms with Crippen molar-refractivity contribution in [3.05, 3.63) is 53.3 Å². The molecule has 2 aromatic rings. The van der Waals surface area contributed by atoms with Gasteiger partial charge in [0.1, 0.15) is 5.82 Å². The van der Waals surface area contributed by atoms with Crippen LogP contribution in [0.25, 0.3) is 11.1 Å². The molecular formula is C24H29F3O2. The van der Waals surface area contributed by atoms with E-state index in [-0.39, 0.29) is 29.6 Å². The van der Waals surface area contributed by atoms with Crippen LogP contribution in [-0.2, 0) is 4.74 Å². The van der Waals surface area contributed by atoms with Crippen molar-refractivity contribution in [2.75, 3.05) is 13.2 Å². The highest BCUT2D eigenvalue weighted by molar-refractivity contribution is 5.66. The standard InChI is InChI=1S/C24H29F3O2/c1-3-5-6-7-16-8-12-21(29-15-16)17-9-10-18(20(25)14-17)19-11-13-22(28-4-2)24(27)23(19)26/h9-11,13-14,16,21H,3-8,12,15H2,1-2H3. The molecule has 158 valence electrons. The maximum atomic E-state index is 14.8. The molecular weight excluding hydrogens is 377 g/mol. The van der Waals surface area contributed by atoms with E-state index >= 15 is 0 Å². The Labute approximate surface area is 171 Å². The summed E-state index contributed by atoms with van der Waals surface area (Å²) in [7, 11) is 0. The molecule has 0 saturated carbocycles. The first-order chi connectivity index (χ1) is 14.0. The minimum absolute atomic E-state index is 0.0291. The summed E-state index contributed by atoms with van der Waals surface area (Å²) >= 11 is 0. The lowest BCUT2D eigenvalue weighted by atomic mass is 9.90. The number of benzene rings is 2. The average Bonchev–Trinajstić information content (AvgIpc) is 2.73. The highest BCUT2D eigenvalue weighted by Crippen LogP contribution is 2.36. The van der Waals surface area contributed by atoms with Crippen LogP contribution in [0.4, 0.5) is 13.2 Å². The van der Waals surface area contributed by atoms with Gasteiger partial charge in [0, 0.05) is 11.1 Å². The van der Waals surface area contributed by atoms with E-state index in [1.54, 1.807) is 13.0 Å². The number of halogens is 3. The average molecular weight is 406 g/mol. The van der Waals surface area contributed by atoms with Gasteiger partial charge in [-0.25, -0.2) is 8.78 Å². The molecule has 1 aliphatic heterocycles. The maximum absolute atomic E-state index is 14.8. The van der Waals surface area contributed by atoms with E-state index in [4.69, 9.17) is 9.47 Å². The topological polar surface area (TPSA) is 18.5 Å². The molecule has 1 aliphatic rings. The van der Waals surface area contributed by atoms with Gasteiger partial charge in [-0.3, -0.25) is 0 Å². The highest BCUT2D eigenvalue weighted by Gasteiger charge is 2.24. The number of ether oxygens (including phenoxy) is 2. The summed E-state index contributed by atoms with van der Waals surface area (Å²) in [5.74, 6) is -2.39. The van der Waals surface area contributed by atoms with Crippen molar-refractivity contribution in [1.82, 2.24) is 0 Å². The van der Waals surface area contributed by atoms with Crippen LogP contribution in [0, 0.1) is 23.4 Å². The van der Waals surface area contributed by atoms with Gasteiger partial charge in [-0.1, -0.05) is 38.3 Å². The van der Waals surface area contributed by atoms with Gasteiger partial charge in [-0.2, -0.15) is 4.39 Å². The second-order valence-corrected chi connectivity index (χ2v) is 7.67. The molecule has 0 N–H and O–H groups in total. The van der Waals surface area contributed by atoms with Crippen molar-refractivity contribution >= 4 is 0 Å². The van der Waals surface area contributed by atoms with Crippen molar-refractivity contribution in [2.45, 2.75) is 58.5 Å². The number of unbranched alkanes of at least 4 members (excludes halogenated alkanes) is 2. The Morgan fingerprint density at radius 3 is 2.41 bits per heavy atom. The minimum atomic E-state index is -1.11. The lowest BCUT2D eigenvalue weighted by Gasteiger charge is -2.29. The zero-order chi connectivity index (χ0) is 20.8. The van der Waals surface area contributed by atoms with Gasteiger partial charge in [0.2, 0.25) is 5.82 Å². The summed E-state index contributed by atoms with van der Waals surface area (Å²) in [4.78, 5) is 0. The molecule has 0 aromatic heterocycles. The Morgan fingerprint density at radius 1 is 0.966 bits per heavy atom. The highest BCUT2D eigenvalue weighted by atomic mass is 19.2. The molecule has 5 heteroatoms. The Kier molecular flexibility index (Phi) is 7.59. The molecule has 0 spiro atoms. The number of hydrogen-bond donors (Lipinski definition) is 0. The third-order valence-corrected chi connectivity index (χ3v) is 5.59. The van der Waals surface area contributed by atoms with Gasteiger partial charge in [-0.05, 0) is 55.9 Å². The molecule has 2 atom stereocenters. The molecule has 1 saturated heterocycles. The second-order valence-electron chi connectivity index (χ2n) is 7.67. The van der Waals surface area contributed by atoms with Crippen LogP contribution >= 0.6 is 0 Å². The Hall–Kier alpha value is -2.01. The van der Waals surface area contributed by atoms with Crippen LogP contribution in [0.1, 0.15) is 64.0 Å². The first-order valence-corrected chi connectivity index (χ1v) is 10.6. The predicted octanol–water partition coefficient (Wildman–Crippen LogP) is 7.22. The van der Waals surface area contributed by atoms with Crippen LogP contribution in [0.5, 0.6) is 5.75 Å². The van der Waals surface area contributed by atoms with Crippen molar-refractivity contribution < 1.29 is 22.6 Å². The minimum Gasteiger partial charge on any atom is -0.491 e. The fraction of sp³-hybridized carbons (Fsp3) is 0.500. The molecule has 2 nitrogen and oxygen atoms in total. The smallest absolute Gasteiger partial charge is 0.201 e. The first-order valence-electron chi connectivity index (χ1n) is 10.6. The van der Waals surface area contributed by atoms with E-state index in [0.717, 1.165) is 18.4 Å². The molecule has 0 radical (unpaired) electrons. The quantitative estimate of drug-likeness (QED) is 0.431. The Balaban J connectivity index is 1.71. The molecule has 0 bridgehead atoms. The third kappa shape index (κ3) is 5.13. The second kappa shape index (κ2) is 10.1. The molecule has 1 fully saturated rings. The maximum Gasteiger partial charge on any atom is 0.201 e. The Morgan fingerprint density at radius 2 is 1.76 bits per heavy atom. The molecule has 0 aliphatic carbocycles. The van der Waals surface area contributed by atoms with Crippen LogP contribution < -0.4 is 4.74 Å². The summed E-state index contributed by atoms with van der Waals surface area (Å²) in [6, 6.07) is 7.30. The molecule has 29 heavy (non-hydrogen) atoms. The molecule has 3 rings (SSSR count). The molecule has 2 aromatic carbocycles. The van der Waals surface area contributed by atoms with Gasteiger partial charge >= 0.3 is 0 Å². The lowest BCUT2D eigenvalue weighted by Crippen LogP contribution is -2.20. The van der Waals surface area contributed by atoms with Gasteiger partial charge in [-0.15, -0.1) is 0 Å². The van der Waals surface area contributed by atoms with Crippen LogP contribution in [0.15, 0.2) is 30.3 Å². The summed E-state index contributed by atoms with van der Waals surface area (Å²) in [6.07, 6.45) is 6.62. The van der Waals surface area contributed by atoms with E-state index in [1.165, 1.54) is 49.9 Å². The van der Waals surface area contributed by atoms with Gasteiger partial charge < -0.3 is 9.47 Å². The van der Waals surface area contributed by atoms with E-state index in [1.807, 2.05) is 0 Å². The summed E-state index contributed by atoms with van der Waals surface area (Å²) in [5, 5.41) is 0. The van der Waals surface area contributed by atoms with E-state index in [0.29, 0.717) is 12.5 Å². The van der Waals surface area contributed by atoms with Crippen molar-refractivity contribution in [3.63, 3.8) is 0 Å². The van der Waals surface area contributed by atoms with Crippen molar-refractivity contribution in [1.29, 1.82) is 0 Å². The van der Waals surface area contributed by atoms with Crippen molar-refractivity contribution in [2.24, 2.45) is 5.92 Å². The largest absolute Gasteiger partial charge is 0.491 e. The van der Waals surface area contributed by atoms with Gasteiger partial charge in [0.05, 0.1) is 19.3 Å². The fourth-order valence-corrected chi connectivity index (χ4v) is 3.94. The van der Waals surface area contributed by atoms with E-state index < -0.39 is 17.5 Å².